The normalized spacial score (nSPS) is 13.2. The van der Waals surface area contributed by atoms with Crippen LogP contribution in [0.2, 0.25) is 0 Å². The number of benzene rings is 2. The lowest BCUT2D eigenvalue weighted by Crippen LogP contribution is -2.16. The second-order valence-corrected chi connectivity index (χ2v) is 5.17. The summed E-state index contributed by atoms with van der Waals surface area (Å²) >= 11 is 0. The zero-order valence-electron chi connectivity index (χ0n) is 13.6. The summed E-state index contributed by atoms with van der Waals surface area (Å²) in [5, 5.41) is 3.81. The van der Waals surface area contributed by atoms with Crippen LogP contribution in [0.3, 0.4) is 0 Å². The van der Waals surface area contributed by atoms with Gasteiger partial charge < -0.3 is 9.57 Å². The molecule has 2 rings (SSSR count). The van der Waals surface area contributed by atoms with Crippen LogP contribution in [-0.2, 0) is 20.5 Å². The third kappa shape index (κ3) is 4.82. The number of nitrogens with zero attached hydrogens (tertiary/aromatic N) is 1. The summed E-state index contributed by atoms with van der Waals surface area (Å²) in [4.78, 5) is 17.1. The van der Waals surface area contributed by atoms with E-state index < -0.39 is 23.8 Å². The van der Waals surface area contributed by atoms with Gasteiger partial charge in [0.25, 0.3) is 0 Å². The minimum absolute atomic E-state index is 0.205. The average molecular weight is 351 g/mol. The van der Waals surface area contributed by atoms with Crippen molar-refractivity contribution >= 4 is 11.7 Å². The number of hydrogen-bond acceptors (Lipinski definition) is 4. The molecule has 2 aromatic rings. The molecule has 1 unspecified atom stereocenters. The Kier molecular flexibility index (Phi) is 5.80. The Hall–Kier alpha value is -2.83. The lowest BCUT2D eigenvalue weighted by molar-refractivity contribution is -0.154. The molecule has 2 aromatic carbocycles. The van der Waals surface area contributed by atoms with Crippen molar-refractivity contribution in [3.05, 3.63) is 71.3 Å². The fraction of sp³-hybridized carbons (Fsp3) is 0.222. The van der Waals surface area contributed by atoms with Crippen LogP contribution >= 0.6 is 0 Å². The number of rotatable bonds is 5. The molecule has 7 heteroatoms. The molecule has 0 fully saturated rings. The fourth-order valence-corrected chi connectivity index (χ4v) is 2.08. The summed E-state index contributed by atoms with van der Waals surface area (Å²) < 4.78 is 43.0. The van der Waals surface area contributed by atoms with E-state index in [0.29, 0.717) is 5.56 Å². The van der Waals surface area contributed by atoms with Crippen molar-refractivity contribution in [3.8, 4) is 0 Å². The first kappa shape index (κ1) is 18.5. The topological polar surface area (TPSA) is 47.9 Å². The second-order valence-electron chi connectivity index (χ2n) is 5.17. The van der Waals surface area contributed by atoms with Gasteiger partial charge in [0.1, 0.15) is 0 Å². The maximum atomic E-state index is 12.8. The largest absolute Gasteiger partial charge is 0.466 e. The van der Waals surface area contributed by atoms with E-state index in [1.165, 1.54) is 26.2 Å². The average Bonchev–Trinajstić information content (AvgIpc) is 2.61. The van der Waals surface area contributed by atoms with Crippen molar-refractivity contribution in [2.75, 3.05) is 7.11 Å². The van der Waals surface area contributed by atoms with Gasteiger partial charge in [-0.15, -0.1) is 0 Å². The molecule has 0 heterocycles. The highest BCUT2D eigenvalue weighted by Crippen LogP contribution is 2.29. The molecular formula is C18H16F3NO3. The number of ether oxygens (including phenoxy) is 1. The van der Waals surface area contributed by atoms with Crippen LogP contribution in [0.25, 0.3) is 0 Å². The number of esters is 1. The van der Waals surface area contributed by atoms with Crippen LogP contribution < -0.4 is 0 Å². The molecule has 0 radical (unpaired) electrons. The summed E-state index contributed by atoms with van der Waals surface area (Å²) in [5.74, 6) is -0.660. The number of alkyl halides is 3. The standard InChI is InChI=1S/C18H16F3NO3/c1-12(14-9-6-10-15(11-14)18(19,20)21)22-25-16(17(23)24-2)13-7-4-3-5-8-13/h3-11,16H,1-2H3. The zero-order valence-corrected chi connectivity index (χ0v) is 13.6. The first-order valence-electron chi connectivity index (χ1n) is 7.33. The van der Waals surface area contributed by atoms with E-state index in [-0.39, 0.29) is 11.3 Å². The first-order chi connectivity index (χ1) is 11.8. The van der Waals surface area contributed by atoms with Gasteiger partial charge in [-0.25, -0.2) is 4.79 Å². The van der Waals surface area contributed by atoms with E-state index in [9.17, 15) is 18.0 Å². The predicted molar refractivity (Wildman–Crippen MR) is 85.9 cm³/mol. The second kappa shape index (κ2) is 7.83. The Morgan fingerprint density at radius 1 is 1.08 bits per heavy atom. The van der Waals surface area contributed by atoms with Gasteiger partial charge in [0.2, 0.25) is 6.10 Å². The minimum Gasteiger partial charge on any atom is -0.466 e. The van der Waals surface area contributed by atoms with Crippen molar-refractivity contribution in [2.24, 2.45) is 5.16 Å². The number of halogens is 3. The monoisotopic (exact) mass is 351 g/mol. The Morgan fingerprint density at radius 2 is 1.76 bits per heavy atom. The van der Waals surface area contributed by atoms with E-state index in [4.69, 9.17) is 4.84 Å². The van der Waals surface area contributed by atoms with Crippen LogP contribution in [0.15, 0.2) is 59.8 Å². The van der Waals surface area contributed by atoms with Gasteiger partial charge in [0, 0.05) is 5.56 Å². The maximum Gasteiger partial charge on any atom is 0.416 e. The van der Waals surface area contributed by atoms with Crippen molar-refractivity contribution in [1.82, 2.24) is 0 Å². The number of methoxy groups -OCH3 is 1. The summed E-state index contributed by atoms with van der Waals surface area (Å²) in [6.07, 6.45) is -5.55. The molecule has 0 spiro atoms. The lowest BCUT2D eigenvalue weighted by Gasteiger charge is -2.14. The van der Waals surface area contributed by atoms with Gasteiger partial charge in [0.05, 0.1) is 18.4 Å². The number of carbonyl (C=O) groups excluding carboxylic acids is 1. The molecule has 0 aliphatic rings. The summed E-state index contributed by atoms with van der Waals surface area (Å²) in [6, 6.07) is 13.2. The third-order valence-corrected chi connectivity index (χ3v) is 3.42. The van der Waals surface area contributed by atoms with Gasteiger partial charge >= 0.3 is 12.1 Å². The molecule has 0 saturated carbocycles. The number of oxime groups is 1. The highest BCUT2D eigenvalue weighted by atomic mass is 19.4. The van der Waals surface area contributed by atoms with Crippen LogP contribution in [0.1, 0.15) is 29.7 Å². The molecule has 132 valence electrons. The van der Waals surface area contributed by atoms with E-state index in [1.54, 1.807) is 30.3 Å². The summed E-state index contributed by atoms with van der Waals surface area (Å²) in [5.41, 5.74) is 0.185. The van der Waals surface area contributed by atoms with Crippen molar-refractivity contribution in [1.29, 1.82) is 0 Å². The summed E-state index contributed by atoms with van der Waals surface area (Å²) in [7, 11) is 1.21. The molecule has 0 N–H and O–H groups in total. The quantitative estimate of drug-likeness (QED) is 0.457. The molecule has 0 saturated heterocycles. The van der Waals surface area contributed by atoms with Gasteiger partial charge in [-0.05, 0) is 24.6 Å². The molecule has 0 amide bonds. The minimum atomic E-state index is -4.45. The van der Waals surface area contributed by atoms with E-state index in [1.807, 2.05) is 0 Å². The Bertz CT molecular complexity index is 758. The number of carbonyl (C=O) groups is 1. The van der Waals surface area contributed by atoms with Gasteiger partial charge in [0.15, 0.2) is 0 Å². The van der Waals surface area contributed by atoms with Crippen molar-refractivity contribution < 1.29 is 27.5 Å². The first-order valence-corrected chi connectivity index (χ1v) is 7.33. The van der Waals surface area contributed by atoms with Crippen LogP contribution in [0, 0.1) is 0 Å². The predicted octanol–water partition coefficient (Wildman–Crippen LogP) is 4.36. The molecular weight excluding hydrogens is 335 g/mol. The molecule has 1 atom stereocenters. The lowest BCUT2D eigenvalue weighted by atomic mass is 10.1. The maximum absolute atomic E-state index is 12.8. The van der Waals surface area contributed by atoms with Crippen LogP contribution in [-0.4, -0.2) is 18.8 Å². The van der Waals surface area contributed by atoms with Crippen molar-refractivity contribution in [2.45, 2.75) is 19.2 Å². The summed E-state index contributed by atoms with van der Waals surface area (Å²) in [6.45, 7) is 1.49. The van der Waals surface area contributed by atoms with Gasteiger partial charge in [-0.2, -0.15) is 13.2 Å². The highest BCUT2D eigenvalue weighted by molar-refractivity contribution is 5.98. The third-order valence-electron chi connectivity index (χ3n) is 3.42. The SMILES string of the molecule is COC(=O)C(ON=C(C)c1cccc(C(F)(F)F)c1)c1ccccc1. The zero-order chi connectivity index (χ0) is 18.4. The molecule has 0 aromatic heterocycles. The molecule has 0 aliphatic heterocycles. The molecule has 4 nitrogen and oxygen atoms in total. The molecule has 25 heavy (non-hydrogen) atoms. The van der Waals surface area contributed by atoms with E-state index in [0.717, 1.165) is 12.1 Å². The molecule has 0 aliphatic carbocycles. The number of hydrogen-bond donors (Lipinski definition) is 0. The molecule has 0 bridgehead atoms. The van der Waals surface area contributed by atoms with Gasteiger partial charge in [-0.3, -0.25) is 0 Å². The van der Waals surface area contributed by atoms with Crippen molar-refractivity contribution in [3.63, 3.8) is 0 Å². The van der Waals surface area contributed by atoms with Gasteiger partial charge in [-0.1, -0.05) is 47.6 Å². The van der Waals surface area contributed by atoms with Crippen LogP contribution in [0.4, 0.5) is 13.2 Å². The van der Waals surface area contributed by atoms with E-state index >= 15 is 0 Å². The van der Waals surface area contributed by atoms with E-state index in [2.05, 4.69) is 9.89 Å². The Morgan fingerprint density at radius 3 is 2.36 bits per heavy atom. The Labute approximate surface area is 142 Å². The smallest absolute Gasteiger partial charge is 0.416 e. The van der Waals surface area contributed by atoms with Crippen LogP contribution in [0.5, 0.6) is 0 Å². The fourth-order valence-electron chi connectivity index (χ4n) is 2.08. The Balaban J connectivity index is 2.25. The highest BCUT2D eigenvalue weighted by Gasteiger charge is 2.30.